The van der Waals surface area contributed by atoms with E-state index in [0.717, 1.165) is 0 Å². The second-order valence-electron chi connectivity index (χ2n) is 5.20. The summed E-state index contributed by atoms with van der Waals surface area (Å²) in [7, 11) is 0. The zero-order valence-electron chi connectivity index (χ0n) is 10.0. The summed E-state index contributed by atoms with van der Waals surface area (Å²) in [6.07, 6.45) is -0.525. The van der Waals surface area contributed by atoms with Crippen LogP contribution in [0.4, 0.5) is 0 Å². The molecule has 0 saturated heterocycles. The van der Waals surface area contributed by atoms with E-state index in [1.165, 1.54) is 0 Å². The smallest absolute Gasteiger partial charge is 0.189 e. The Morgan fingerprint density at radius 2 is 1.71 bits per heavy atom. The Morgan fingerprint density at radius 3 is 2.00 bits per heavy atom. The van der Waals surface area contributed by atoms with E-state index in [9.17, 15) is 5.11 Å². The number of nitrogens with zero attached hydrogens (tertiary/aromatic N) is 1. The van der Waals surface area contributed by atoms with E-state index in [1.807, 2.05) is 34.6 Å². The standard InChI is InChI=1S/C10H23N3O/c1-7(14)10(5,6)13-8(11)12-9(2,3)4/h7,14H,1-6H3,(H3,11,12,13). The Hall–Kier alpha value is -0.770. The highest BCUT2D eigenvalue weighted by atomic mass is 16.3. The number of hydrogen-bond donors (Lipinski definition) is 3. The molecule has 0 aromatic rings. The summed E-state index contributed by atoms with van der Waals surface area (Å²) >= 11 is 0. The predicted molar refractivity (Wildman–Crippen MR) is 60.3 cm³/mol. The monoisotopic (exact) mass is 201 g/mol. The number of hydrogen-bond acceptors (Lipinski definition) is 2. The minimum absolute atomic E-state index is 0.109. The summed E-state index contributed by atoms with van der Waals surface area (Å²) in [5, 5.41) is 12.5. The molecule has 4 N–H and O–H groups in total. The zero-order valence-corrected chi connectivity index (χ0v) is 10.0. The molecular formula is C10H23N3O. The fraction of sp³-hybridized carbons (Fsp3) is 0.900. The van der Waals surface area contributed by atoms with Crippen LogP contribution >= 0.6 is 0 Å². The van der Waals surface area contributed by atoms with Crippen LogP contribution in [0.15, 0.2) is 4.99 Å². The van der Waals surface area contributed by atoms with Gasteiger partial charge in [-0.15, -0.1) is 0 Å². The van der Waals surface area contributed by atoms with Gasteiger partial charge in [-0.3, -0.25) is 0 Å². The Bertz CT molecular complexity index is 214. The molecular weight excluding hydrogens is 178 g/mol. The van der Waals surface area contributed by atoms with Crippen molar-refractivity contribution in [2.24, 2.45) is 10.7 Å². The van der Waals surface area contributed by atoms with Crippen LogP contribution in [0.5, 0.6) is 0 Å². The molecule has 84 valence electrons. The van der Waals surface area contributed by atoms with Gasteiger partial charge in [-0.25, -0.2) is 4.99 Å². The zero-order chi connectivity index (χ0) is 11.6. The van der Waals surface area contributed by atoms with Crippen LogP contribution in [-0.2, 0) is 0 Å². The normalized spacial score (nSPS) is 16.6. The molecule has 0 fully saturated rings. The quantitative estimate of drug-likeness (QED) is 0.458. The average molecular weight is 201 g/mol. The first-order valence-electron chi connectivity index (χ1n) is 4.86. The van der Waals surface area contributed by atoms with E-state index in [1.54, 1.807) is 6.92 Å². The van der Waals surface area contributed by atoms with Gasteiger partial charge in [0.1, 0.15) is 0 Å². The number of aliphatic hydroxyl groups excluding tert-OH is 1. The SMILES string of the molecule is CC(O)C(C)(C)N=C(N)NC(C)(C)C. The van der Waals surface area contributed by atoms with Crippen molar-refractivity contribution in [3.05, 3.63) is 0 Å². The highest BCUT2D eigenvalue weighted by Crippen LogP contribution is 2.14. The third kappa shape index (κ3) is 5.07. The number of nitrogens with one attached hydrogen (secondary N) is 1. The van der Waals surface area contributed by atoms with Gasteiger partial charge in [0.25, 0.3) is 0 Å². The van der Waals surface area contributed by atoms with Crippen LogP contribution in [0.2, 0.25) is 0 Å². The summed E-state index contributed by atoms with van der Waals surface area (Å²) in [5.41, 5.74) is 5.05. The maximum absolute atomic E-state index is 9.44. The van der Waals surface area contributed by atoms with Crippen molar-refractivity contribution in [3.63, 3.8) is 0 Å². The maximum Gasteiger partial charge on any atom is 0.189 e. The van der Waals surface area contributed by atoms with E-state index in [-0.39, 0.29) is 5.54 Å². The Balaban J connectivity index is 4.52. The van der Waals surface area contributed by atoms with E-state index >= 15 is 0 Å². The van der Waals surface area contributed by atoms with E-state index in [2.05, 4.69) is 10.3 Å². The Labute approximate surface area is 86.6 Å². The van der Waals surface area contributed by atoms with Gasteiger partial charge >= 0.3 is 0 Å². The molecule has 0 aromatic heterocycles. The second kappa shape index (κ2) is 4.17. The number of aliphatic hydroxyl groups is 1. The molecule has 0 aromatic carbocycles. The maximum atomic E-state index is 9.44. The summed E-state index contributed by atoms with van der Waals surface area (Å²) in [6.45, 7) is 11.4. The summed E-state index contributed by atoms with van der Waals surface area (Å²) < 4.78 is 0. The average Bonchev–Trinajstić information content (AvgIpc) is 1.79. The fourth-order valence-corrected chi connectivity index (χ4v) is 0.816. The molecule has 0 aliphatic rings. The van der Waals surface area contributed by atoms with Crippen LogP contribution in [-0.4, -0.2) is 28.2 Å². The van der Waals surface area contributed by atoms with Gasteiger partial charge in [0, 0.05) is 5.54 Å². The molecule has 0 aliphatic carbocycles. The first kappa shape index (κ1) is 13.2. The van der Waals surface area contributed by atoms with Gasteiger partial charge in [0.2, 0.25) is 0 Å². The number of aliphatic imine (C=N–C) groups is 1. The van der Waals surface area contributed by atoms with Gasteiger partial charge in [-0.2, -0.15) is 0 Å². The Kier molecular flexibility index (Phi) is 3.94. The van der Waals surface area contributed by atoms with Crippen LogP contribution in [0.25, 0.3) is 0 Å². The van der Waals surface area contributed by atoms with Crippen molar-refractivity contribution in [3.8, 4) is 0 Å². The van der Waals surface area contributed by atoms with E-state index in [4.69, 9.17) is 5.73 Å². The summed E-state index contributed by atoms with van der Waals surface area (Å²) in [4.78, 5) is 4.23. The highest BCUT2D eigenvalue weighted by Gasteiger charge is 2.24. The van der Waals surface area contributed by atoms with Crippen LogP contribution in [0.3, 0.4) is 0 Å². The first-order chi connectivity index (χ1) is 6.04. The van der Waals surface area contributed by atoms with Crippen molar-refractivity contribution < 1.29 is 5.11 Å². The molecule has 0 amide bonds. The van der Waals surface area contributed by atoms with Gasteiger partial charge < -0.3 is 16.2 Å². The van der Waals surface area contributed by atoms with Gasteiger partial charge in [-0.1, -0.05) is 0 Å². The molecule has 1 unspecified atom stereocenters. The predicted octanol–water partition coefficient (Wildman–Crippen LogP) is 0.849. The van der Waals surface area contributed by atoms with Crippen LogP contribution in [0.1, 0.15) is 41.5 Å². The number of rotatable bonds is 2. The minimum Gasteiger partial charge on any atom is -0.391 e. The second-order valence-corrected chi connectivity index (χ2v) is 5.20. The minimum atomic E-state index is -0.553. The van der Waals surface area contributed by atoms with Crippen molar-refractivity contribution in [2.45, 2.75) is 58.7 Å². The molecule has 0 heterocycles. The number of nitrogens with two attached hydrogens (primary N) is 1. The van der Waals surface area contributed by atoms with E-state index in [0.29, 0.717) is 5.96 Å². The molecule has 0 aliphatic heterocycles. The molecule has 0 radical (unpaired) electrons. The molecule has 1 atom stereocenters. The molecule has 14 heavy (non-hydrogen) atoms. The molecule has 0 bridgehead atoms. The molecule has 0 saturated carbocycles. The largest absolute Gasteiger partial charge is 0.391 e. The molecule has 4 heteroatoms. The van der Waals surface area contributed by atoms with Crippen molar-refractivity contribution in [1.29, 1.82) is 0 Å². The fourth-order valence-electron chi connectivity index (χ4n) is 0.816. The lowest BCUT2D eigenvalue weighted by Gasteiger charge is -2.27. The van der Waals surface area contributed by atoms with Gasteiger partial charge in [0.15, 0.2) is 5.96 Å². The highest BCUT2D eigenvalue weighted by molar-refractivity contribution is 5.79. The van der Waals surface area contributed by atoms with Crippen molar-refractivity contribution in [1.82, 2.24) is 5.32 Å². The summed E-state index contributed by atoms with van der Waals surface area (Å²) in [6, 6.07) is 0. The van der Waals surface area contributed by atoms with Crippen LogP contribution in [0, 0.1) is 0 Å². The van der Waals surface area contributed by atoms with E-state index < -0.39 is 11.6 Å². The molecule has 0 rings (SSSR count). The summed E-state index contributed by atoms with van der Waals surface area (Å²) in [5.74, 6) is 0.364. The van der Waals surface area contributed by atoms with Gasteiger partial charge in [0.05, 0.1) is 11.6 Å². The number of guanidine groups is 1. The van der Waals surface area contributed by atoms with Crippen molar-refractivity contribution >= 4 is 5.96 Å². The topological polar surface area (TPSA) is 70.6 Å². The lowest BCUT2D eigenvalue weighted by Crippen LogP contribution is -2.47. The van der Waals surface area contributed by atoms with Crippen LogP contribution < -0.4 is 11.1 Å². The third-order valence-electron chi connectivity index (χ3n) is 1.93. The lowest BCUT2D eigenvalue weighted by atomic mass is 10.0. The third-order valence-corrected chi connectivity index (χ3v) is 1.93. The van der Waals surface area contributed by atoms with Crippen molar-refractivity contribution in [2.75, 3.05) is 0 Å². The van der Waals surface area contributed by atoms with Gasteiger partial charge in [-0.05, 0) is 41.5 Å². The lowest BCUT2D eigenvalue weighted by molar-refractivity contribution is 0.123. The molecule has 0 spiro atoms. The molecule has 4 nitrogen and oxygen atoms in total. The Morgan fingerprint density at radius 1 is 1.29 bits per heavy atom. The first-order valence-corrected chi connectivity index (χ1v) is 4.86.